The second-order valence-corrected chi connectivity index (χ2v) is 8.91. The first-order chi connectivity index (χ1) is 14.3. The molecule has 0 radical (unpaired) electrons. The Hall–Kier alpha value is -2.58. The van der Waals surface area contributed by atoms with Crippen molar-refractivity contribution >= 4 is 15.9 Å². The summed E-state index contributed by atoms with van der Waals surface area (Å²) < 4.78 is 37.0. The molecule has 0 aliphatic heterocycles. The van der Waals surface area contributed by atoms with Crippen molar-refractivity contribution < 1.29 is 22.7 Å². The number of methoxy groups -OCH3 is 2. The van der Waals surface area contributed by atoms with E-state index in [0.29, 0.717) is 18.0 Å². The molecule has 30 heavy (non-hydrogen) atoms. The first kappa shape index (κ1) is 23.7. The highest BCUT2D eigenvalue weighted by atomic mass is 32.2. The predicted molar refractivity (Wildman–Crippen MR) is 116 cm³/mol. The molecule has 0 saturated heterocycles. The number of nitrogens with zero attached hydrogens (tertiary/aromatic N) is 1. The van der Waals surface area contributed by atoms with E-state index < -0.39 is 10.0 Å². The number of sulfonamides is 1. The zero-order valence-corrected chi connectivity index (χ0v) is 19.0. The number of hydrogen-bond donors (Lipinski definition) is 1. The SMILES string of the molecule is CCc1ccc(CC)c(CNC(=O)CN(C)S(=O)(=O)c2ccc(OC)c(OC)c2)c1. The van der Waals surface area contributed by atoms with Gasteiger partial charge < -0.3 is 14.8 Å². The second-order valence-electron chi connectivity index (χ2n) is 6.86. The van der Waals surface area contributed by atoms with Crippen molar-refractivity contribution in [2.24, 2.45) is 0 Å². The summed E-state index contributed by atoms with van der Waals surface area (Å²) in [6.07, 6.45) is 1.78. The normalized spacial score (nSPS) is 11.4. The molecule has 0 aromatic heterocycles. The number of carbonyl (C=O) groups excluding carboxylic acids is 1. The van der Waals surface area contributed by atoms with E-state index in [1.807, 2.05) is 0 Å². The Labute approximate surface area is 179 Å². The van der Waals surface area contributed by atoms with Crippen LogP contribution in [0.3, 0.4) is 0 Å². The van der Waals surface area contributed by atoms with Crippen molar-refractivity contribution in [1.29, 1.82) is 0 Å². The van der Waals surface area contributed by atoms with Gasteiger partial charge in [-0.3, -0.25) is 4.79 Å². The van der Waals surface area contributed by atoms with Gasteiger partial charge in [0.25, 0.3) is 0 Å². The molecule has 1 N–H and O–H groups in total. The minimum absolute atomic E-state index is 0.0272. The van der Waals surface area contributed by atoms with Gasteiger partial charge in [0.05, 0.1) is 25.7 Å². The van der Waals surface area contributed by atoms with Gasteiger partial charge in [-0.1, -0.05) is 32.0 Å². The number of rotatable bonds is 10. The molecule has 0 atom stereocenters. The number of carbonyl (C=O) groups is 1. The van der Waals surface area contributed by atoms with E-state index in [0.717, 1.165) is 22.7 Å². The van der Waals surface area contributed by atoms with Crippen LogP contribution >= 0.6 is 0 Å². The molecule has 0 fully saturated rings. The monoisotopic (exact) mass is 434 g/mol. The molecule has 0 unspecified atom stereocenters. The number of ether oxygens (including phenoxy) is 2. The van der Waals surface area contributed by atoms with Crippen molar-refractivity contribution in [1.82, 2.24) is 9.62 Å². The molecule has 0 spiro atoms. The molecule has 2 aromatic rings. The summed E-state index contributed by atoms with van der Waals surface area (Å²) >= 11 is 0. The minimum Gasteiger partial charge on any atom is -0.493 e. The number of likely N-dealkylation sites (N-methyl/N-ethyl adjacent to an activating group) is 1. The maximum Gasteiger partial charge on any atom is 0.243 e. The third-order valence-electron chi connectivity index (χ3n) is 4.97. The highest BCUT2D eigenvalue weighted by Gasteiger charge is 2.24. The third kappa shape index (κ3) is 5.52. The lowest BCUT2D eigenvalue weighted by Gasteiger charge is -2.18. The molecule has 0 aliphatic carbocycles. The Kier molecular flexibility index (Phi) is 8.25. The van der Waals surface area contributed by atoms with Crippen molar-refractivity contribution in [3.63, 3.8) is 0 Å². The summed E-state index contributed by atoms with van der Waals surface area (Å²) in [6, 6.07) is 10.6. The predicted octanol–water partition coefficient (Wildman–Crippen LogP) is 2.77. The molecule has 0 heterocycles. The Morgan fingerprint density at radius 2 is 1.67 bits per heavy atom. The van der Waals surface area contributed by atoms with Gasteiger partial charge in [-0.05, 0) is 41.7 Å². The fraction of sp³-hybridized carbons (Fsp3) is 0.409. The van der Waals surface area contributed by atoms with E-state index in [2.05, 4.69) is 37.4 Å². The Balaban J connectivity index is 2.08. The number of benzene rings is 2. The van der Waals surface area contributed by atoms with Crippen molar-refractivity contribution in [2.75, 3.05) is 27.8 Å². The van der Waals surface area contributed by atoms with Crippen LogP contribution in [0.5, 0.6) is 11.5 Å². The summed E-state index contributed by atoms with van der Waals surface area (Å²) in [5.74, 6) is 0.364. The van der Waals surface area contributed by atoms with Crippen LogP contribution in [0, 0.1) is 0 Å². The van der Waals surface area contributed by atoms with E-state index >= 15 is 0 Å². The second kappa shape index (κ2) is 10.4. The lowest BCUT2D eigenvalue weighted by atomic mass is 10.0. The number of nitrogens with one attached hydrogen (secondary N) is 1. The number of amides is 1. The van der Waals surface area contributed by atoms with Crippen LogP contribution in [0.1, 0.15) is 30.5 Å². The summed E-state index contributed by atoms with van der Waals surface area (Å²) in [5, 5.41) is 2.83. The van der Waals surface area contributed by atoms with E-state index in [9.17, 15) is 13.2 Å². The van der Waals surface area contributed by atoms with Crippen molar-refractivity contribution in [3.8, 4) is 11.5 Å². The smallest absolute Gasteiger partial charge is 0.243 e. The molecule has 0 bridgehead atoms. The topological polar surface area (TPSA) is 84.9 Å². The summed E-state index contributed by atoms with van der Waals surface area (Å²) in [6.45, 7) is 4.22. The van der Waals surface area contributed by atoms with Crippen molar-refractivity contribution in [2.45, 2.75) is 38.1 Å². The van der Waals surface area contributed by atoms with Gasteiger partial charge in [0.15, 0.2) is 11.5 Å². The van der Waals surface area contributed by atoms with Crippen LogP contribution in [0.15, 0.2) is 41.3 Å². The van der Waals surface area contributed by atoms with Gasteiger partial charge in [0.2, 0.25) is 15.9 Å². The Morgan fingerprint density at radius 1 is 0.967 bits per heavy atom. The lowest BCUT2D eigenvalue weighted by molar-refractivity contribution is -0.121. The first-order valence-electron chi connectivity index (χ1n) is 9.82. The zero-order valence-electron chi connectivity index (χ0n) is 18.2. The van der Waals surface area contributed by atoms with E-state index in [1.54, 1.807) is 0 Å². The molecule has 0 saturated carbocycles. The average molecular weight is 435 g/mol. The minimum atomic E-state index is -3.86. The van der Waals surface area contributed by atoms with Gasteiger partial charge in [-0.2, -0.15) is 4.31 Å². The van der Waals surface area contributed by atoms with Crippen molar-refractivity contribution in [3.05, 3.63) is 53.1 Å². The fourth-order valence-corrected chi connectivity index (χ4v) is 4.25. The highest BCUT2D eigenvalue weighted by molar-refractivity contribution is 7.89. The summed E-state index contributed by atoms with van der Waals surface area (Å²) in [4.78, 5) is 12.4. The third-order valence-corrected chi connectivity index (χ3v) is 6.76. The fourth-order valence-electron chi connectivity index (χ4n) is 3.10. The molecule has 7 nitrogen and oxygen atoms in total. The molecule has 2 rings (SSSR count). The molecular formula is C22H30N2O5S. The van der Waals surface area contributed by atoms with Crippen LogP contribution in [0.2, 0.25) is 0 Å². The number of hydrogen-bond acceptors (Lipinski definition) is 5. The molecule has 0 aliphatic rings. The van der Waals surface area contributed by atoms with Crippen LogP contribution in [0.25, 0.3) is 0 Å². The Morgan fingerprint density at radius 3 is 2.27 bits per heavy atom. The largest absolute Gasteiger partial charge is 0.493 e. The molecule has 8 heteroatoms. The van der Waals surface area contributed by atoms with E-state index in [4.69, 9.17) is 9.47 Å². The van der Waals surface area contributed by atoms with E-state index in [1.165, 1.54) is 50.6 Å². The highest BCUT2D eigenvalue weighted by Crippen LogP contribution is 2.30. The van der Waals surface area contributed by atoms with Gasteiger partial charge in [-0.25, -0.2) is 8.42 Å². The van der Waals surface area contributed by atoms with Gasteiger partial charge in [-0.15, -0.1) is 0 Å². The average Bonchev–Trinajstić information content (AvgIpc) is 2.76. The van der Waals surface area contributed by atoms with Crippen LogP contribution in [-0.2, 0) is 34.2 Å². The summed E-state index contributed by atoms with van der Waals surface area (Å²) in [5.41, 5.74) is 3.42. The first-order valence-corrected chi connectivity index (χ1v) is 11.3. The Bertz CT molecular complexity index is 989. The van der Waals surface area contributed by atoms with Gasteiger partial charge in [0, 0.05) is 19.7 Å². The van der Waals surface area contributed by atoms with Crippen LogP contribution < -0.4 is 14.8 Å². The maximum absolute atomic E-state index is 12.8. The lowest BCUT2D eigenvalue weighted by Crippen LogP contribution is -2.38. The van der Waals surface area contributed by atoms with E-state index in [-0.39, 0.29) is 17.3 Å². The number of aryl methyl sites for hydroxylation is 2. The maximum atomic E-state index is 12.8. The molecule has 1 amide bonds. The van der Waals surface area contributed by atoms with Crippen LogP contribution in [-0.4, -0.2) is 46.4 Å². The molecule has 2 aromatic carbocycles. The summed E-state index contributed by atoms with van der Waals surface area (Å²) in [7, 11) is 0.424. The van der Waals surface area contributed by atoms with Gasteiger partial charge >= 0.3 is 0 Å². The van der Waals surface area contributed by atoms with Crippen LogP contribution in [0.4, 0.5) is 0 Å². The molecule has 164 valence electrons. The zero-order chi connectivity index (χ0) is 22.3. The van der Waals surface area contributed by atoms with Gasteiger partial charge in [0.1, 0.15) is 0 Å². The quantitative estimate of drug-likeness (QED) is 0.622. The standard InChI is InChI=1S/C22H30N2O5S/c1-6-16-8-9-17(7-2)18(12-16)14-23-22(25)15-24(3)30(26,27)19-10-11-20(28-4)21(13-19)29-5/h8-13H,6-7,14-15H2,1-5H3,(H,23,25). The molecular weight excluding hydrogens is 404 g/mol.